The molecule has 1 saturated heterocycles. The molecule has 0 spiro atoms. The van der Waals surface area contributed by atoms with Crippen LogP contribution >= 0.6 is 0 Å². The lowest BCUT2D eigenvalue weighted by atomic mass is 10.0. The largest absolute Gasteiger partial charge is 0.371 e. The minimum Gasteiger partial charge on any atom is -0.371 e. The Bertz CT molecular complexity index is 341. The molecule has 0 radical (unpaired) electrons. The van der Waals surface area contributed by atoms with Gasteiger partial charge in [-0.3, -0.25) is 0 Å². The molecule has 2 atom stereocenters. The topological polar surface area (TPSA) is 28.2 Å². The average molecular weight is 219 g/mol. The molecule has 1 aliphatic heterocycles. The predicted octanol–water partition coefficient (Wildman–Crippen LogP) is 2.61. The van der Waals surface area contributed by atoms with Crippen molar-refractivity contribution in [3.05, 3.63) is 18.3 Å². The van der Waals surface area contributed by atoms with Gasteiger partial charge in [-0.15, -0.1) is 0 Å². The van der Waals surface area contributed by atoms with Gasteiger partial charge in [-0.1, -0.05) is 13.8 Å². The van der Waals surface area contributed by atoms with Gasteiger partial charge >= 0.3 is 0 Å². The molecule has 1 aromatic rings. The summed E-state index contributed by atoms with van der Waals surface area (Å²) < 4.78 is 0. The highest BCUT2D eigenvalue weighted by molar-refractivity contribution is 5.54. The molecule has 1 N–H and O–H groups in total. The van der Waals surface area contributed by atoms with E-state index >= 15 is 0 Å². The summed E-state index contributed by atoms with van der Waals surface area (Å²) in [4.78, 5) is 6.76. The average Bonchev–Trinajstić information content (AvgIpc) is 2.60. The lowest BCUT2D eigenvalue weighted by molar-refractivity contribution is 0.494. The molecule has 1 aliphatic rings. The molecule has 2 rings (SSSR count). The summed E-state index contributed by atoms with van der Waals surface area (Å²) in [6, 6.07) is 4.25. The quantitative estimate of drug-likeness (QED) is 0.847. The molecule has 16 heavy (non-hydrogen) atoms. The standard InChI is InChI=1S/C13H21N3/c1-4-14-13-7-12(5-6-15-13)16-8-10(2)11(3)9-16/h5-7,10-11H,4,8-9H2,1-3H3,(H,14,15). The highest BCUT2D eigenvalue weighted by Gasteiger charge is 2.26. The lowest BCUT2D eigenvalue weighted by Crippen LogP contribution is -2.19. The fourth-order valence-electron chi connectivity index (χ4n) is 2.23. The molecule has 88 valence electrons. The zero-order chi connectivity index (χ0) is 11.5. The van der Waals surface area contributed by atoms with Crippen LogP contribution in [0.2, 0.25) is 0 Å². The van der Waals surface area contributed by atoms with Gasteiger partial charge in [0.2, 0.25) is 0 Å². The Balaban J connectivity index is 2.12. The number of aromatic nitrogens is 1. The Kier molecular flexibility index (Phi) is 3.32. The summed E-state index contributed by atoms with van der Waals surface area (Å²) in [7, 11) is 0. The van der Waals surface area contributed by atoms with Gasteiger partial charge in [-0.2, -0.15) is 0 Å². The fourth-order valence-corrected chi connectivity index (χ4v) is 2.23. The van der Waals surface area contributed by atoms with E-state index in [0.717, 1.165) is 37.3 Å². The predicted molar refractivity (Wildman–Crippen MR) is 68.9 cm³/mol. The van der Waals surface area contributed by atoms with Crippen molar-refractivity contribution in [1.82, 2.24) is 4.98 Å². The van der Waals surface area contributed by atoms with Crippen LogP contribution in [0.5, 0.6) is 0 Å². The summed E-state index contributed by atoms with van der Waals surface area (Å²) in [5.74, 6) is 2.55. The highest BCUT2D eigenvalue weighted by atomic mass is 15.2. The second kappa shape index (κ2) is 4.73. The Labute approximate surface area is 97.9 Å². The minimum absolute atomic E-state index is 0.788. The second-order valence-corrected chi connectivity index (χ2v) is 4.79. The fraction of sp³-hybridized carbons (Fsp3) is 0.615. The van der Waals surface area contributed by atoms with Gasteiger partial charge in [0.05, 0.1) is 0 Å². The number of hydrogen-bond donors (Lipinski definition) is 1. The maximum absolute atomic E-state index is 4.30. The maximum Gasteiger partial charge on any atom is 0.127 e. The van der Waals surface area contributed by atoms with Gasteiger partial charge in [0.15, 0.2) is 0 Å². The summed E-state index contributed by atoms with van der Waals surface area (Å²) >= 11 is 0. The zero-order valence-electron chi connectivity index (χ0n) is 10.4. The number of nitrogens with zero attached hydrogens (tertiary/aromatic N) is 2. The van der Waals surface area contributed by atoms with Crippen molar-refractivity contribution in [3.63, 3.8) is 0 Å². The van der Waals surface area contributed by atoms with Crippen molar-refractivity contribution >= 4 is 11.5 Å². The van der Waals surface area contributed by atoms with Crippen molar-refractivity contribution in [2.45, 2.75) is 20.8 Å². The van der Waals surface area contributed by atoms with Gasteiger partial charge in [-0.05, 0) is 24.8 Å². The lowest BCUT2D eigenvalue weighted by Gasteiger charge is -2.18. The second-order valence-electron chi connectivity index (χ2n) is 4.79. The van der Waals surface area contributed by atoms with Crippen LogP contribution in [0.25, 0.3) is 0 Å². The molecule has 0 bridgehead atoms. The summed E-state index contributed by atoms with van der Waals surface area (Å²) in [5.41, 5.74) is 1.29. The van der Waals surface area contributed by atoms with Crippen molar-refractivity contribution in [3.8, 4) is 0 Å². The van der Waals surface area contributed by atoms with Crippen LogP contribution < -0.4 is 10.2 Å². The maximum atomic E-state index is 4.30. The molecule has 1 aromatic heterocycles. The Morgan fingerprint density at radius 1 is 1.38 bits per heavy atom. The van der Waals surface area contributed by atoms with Crippen molar-refractivity contribution in [2.75, 3.05) is 29.9 Å². The van der Waals surface area contributed by atoms with Gasteiger partial charge in [0, 0.05) is 37.6 Å². The molecule has 0 aromatic carbocycles. The van der Waals surface area contributed by atoms with Crippen LogP contribution in [-0.2, 0) is 0 Å². The molecule has 2 heterocycles. The number of anilines is 2. The Hall–Kier alpha value is -1.25. The SMILES string of the molecule is CCNc1cc(N2CC(C)C(C)C2)ccn1. The van der Waals surface area contributed by atoms with E-state index in [1.807, 2.05) is 6.20 Å². The van der Waals surface area contributed by atoms with E-state index in [9.17, 15) is 0 Å². The van der Waals surface area contributed by atoms with E-state index in [-0.39, 0.29) is 0 Å². The molecule has 0 saturated carbocycles. The number of nitrogens with one attached hydrogen (secondary N) is 1. The van der Waals surface area contributed by atoms with E-state index in [1.165, 1.54) is 5.69 Å². The molecule has 2 unspecified atom stereocenters. The van der Waals surface area contributed by atoms with Gasteiger partial charge in [-0.25, -0.2) is 4.98 Å². The van der Waals surface area contributed by atoms with Crippen LogP contribution in [0, 0.1) is 11.8 Å². The zero-order valence-corrected chi connectivity index (χ0v) is 10.4. The number of hydrogen-bond acceptors (Lipinski definition) is 3. The molecule has 3 nitrogen and oxygen atoms in total. The first-order valence-electron chi connectivity index (χ1n) is 6.15. The first-order valence-corrected chi connectivity index (χ1v) is 6.15. The molecule has 0 amide bonds. The normalized spacial score (nSPS) is 24.8. The van der Waals surface area contributed by atoms with Crippen molar-refractivity contribution < 1.29 is 0 Å². The van der Waals surface area contributed by atoms with Crippen LogP contribution in [0.15, 0.2) is 18.3 Å². The first-order chi connectivity index (χ1) is 7.70. The summed E-state index contributed by atoms with van der Waals surface area (Å²) in [6.07, 6.45) is 1.89. The van der Waals surface area contributed by atoms with Gasteiger partial charge in [0.1, 0.15) is 5.82 Å². The number of pyridine rings is 1. The summed E-state index contributed by atoms with van der Waals surface area (Å²) in [6.45, 7) is 10.00. The summed E-state index contributed by atoms with van der Waals surface area (Å²) in [5, 5.41) is 3.26. The highest BCUT2D eigenvalue weighted by Crippen LogP contribution is 2.28. The van der Waals surface area contributed by atoms with Crippen LogP contribution in [0.4, 0.5) is 11.5 Å². The molecular formula is C13H21N3. The van der Waals surface area contributed by atoms with E-state index in [4.69, 9.17) is 0 Å². The van der Waals surface area contributed by atoms with E-state index < -0.39 is 0 Å². The Morgan fingerprint density at radius 3 is 2.69 bits per heavy atom. The monoisotopic (exact) mass is 219 g/mol. The van der Waals surface area contributed by atoms with Crippen molar-refractivity contribution in [1.29, 1.82) is 0 Å². The Morgan fingerprint density at radius 2 is 2.06 bits per heavy atom. The third-order valence-corrected chi connectivity index (χ3v) is 3.45. The number of rotatable bonds is 3. The van der Waals surface area contributed by atoms with Crippen LogP contribution in [0.1, 0.15) is 20.8 Å². The minimum atomic E-state index is 0.788. The van der Waals surface area contributed by atoms with Gasteiger partial charge in [0.25, 0.3) is 0 Å². The molecule has 3 heteroatoms. The van der Waals surface area contributed by atoms with Gasteiger partial charge < -0.3 is 10.2 Å². The molecule has 0 aliphatic carbocycles. The van der Waals surface area contributed by atoms with Crippen LogP contribution in [-0.4, -0.2) is 24.6 Å². The third kappa shape index (κ3) is 2.29. The van der Waals surface area contributed by atoms with Crippen molar-refractivity contribution in [2.24, 2.45) is 11.8 Å². The molecular weight excluding hydrogens is 198 g/mol. The van der Waals surface area contributed by atoms with Crippen LogP contribution in [0.3, 0.4) is 0 Å². The third-order valence-electron chi connectivity index (χ3n) is 3.45. The van der Waals surface area contributed by atoms with E-state index in [0.29, 0.717) is 0 Å². The smallest absolute Gasteiger partial charge is 0.127 e. The van der Waals surface area contributed by atoms with E-state index in [1.54, 1.807) is 0 Å². The molecule has 1 fully saturated rings. The van der Waals surface area contributed by atoms with E-state index in [2.05, 4.69) is 48.1 Å². The first kappa shape index (κ1) is 11.2.